The summed E-state index contributed by atoms with van der Waals surface area (Å²) >= 11 is 0. The van der Waals surface area contributed by atoms with Gasteiger partial charge in [-0.3, -0.25) is 4.79 Å². The van der Waals surface area contributed by atoms with Crippen molar-refractivity contribution in [3.8, 4) is 0 Å². The lowest BCUT2D eigenvalue weighted by atomic mass is 9.81. The van der Waals surface area contributed by atoms with E-state index in [9.17, 15) is 13.6 Å². The molecule has 0 saturated carbocycles. The molecule has 25 heavy (non-hydrogen) atoms. The summed E-state index contributed by atoms with van der Waals surface area (Å²) in [7, 11) is 0. The number of nitrogens with one attached hydrogen (secondary N) is 1. The van der Waals surface area contributed by atoms with Gasteiger partial charge in [-0.05, 0) is 36.8 Å². The molecule has 3 rings (SSSR count). The van der Waals surface area contributed by atoms with Gasteiger partial charge in [0.05, 0.1) is 12.2 Å². The molecule has 0 saturated heterocycles. The van der Waals surface area contributed by atoms with Crippen LogP contribution in [0.5, 0.6) is 0 Å². The van der Waals surface area contributed by atoms with Crippen molar-refractivity contribution in [2.45, 2.75) is 39.3 Å². The molecular formula is C19H21F2N3O. The number of carbonyl (C=O) groups excluding carboxylic acids is 1. The molecule has 6 heteroatoms. The van der Waals surface area contributed by atoms with E-state index < -0.39 is 5.82 Å². The molecule has 132 valence electrons. The number of halogens is 2. The van der Waals surface area contributed by atoms with Crippen LogP contribution in [0.3, 0.4) is 0 Å². The summed E-state index contributed by atoms with van der Waals surface area (Å²) in [5.41, 5.74) is 1.41. The predicted octanol–water partition coefficient (Wildman–Crippen LogP) is 4.29. The Hall–Kier alpha value is -2.50. The number of hydrogen-bond donors (Lipinski definition) is 1. The largest absolute Gasteiger partial charge is 0.363 e. The molecule has 0 bridgehead atoms. The summed E-state index contributed by atoms with van der Waals surface area (Å²) in [5.74, 6) is -0.300. The number of anilines is 2. The minimum atomic E-state index is -0.414. The number of nitrogens with zero attached hydrogens (tertiary/aromatic N) is 2. The Morgan fingerprint density at radius 3 is 2.56 bits per heavy atom. The third-order valence-electron chi connectivity index (χ3n) is 4.84. The van der Waals surface area contributed by atoms with Crippen molar-refractivity contribution in [1.29, 1.82) is 0 Å². The van der Waals surface area contributed by atoms with Crippen molar-refractivity contribution in [1.82, 2.24) is 4.98 Å². The van der Waals surface area contributed by atoms with E-state index in [0.29, 0.717) is 17.1 Å². The summed E-state index contributed by atoms with van der Waals surface area (Å²) in [6.07, 6.45) is 1.91. The van der Waals surface area contributed by atoms with E-state index in [1.165, 1.54) is 25.1 Å². The Kier molecular flexibility index (Phi) is 4.70. The van der Waals surface area contributed by atoms with E-state index in [1.54, 1.807) is 17.0 Å². The zero-order valence-corrected chi connectivity index (χ0v) is 14.5. The highest BCUT2D eigenvalue weighted by molar-refractivity contribution is 5.94. The van der Waals surface area contributed by atoms with Crippen LogP contribution in [-0.2, 0) is 4.79 Å². The van der Waals surface area contributed by atoms with Crippen LogP contribution in [-0.4, -0.2) is 16.9 Å². The van der Waals surface area contributed by atoms with Gasteiger partial charge in [0.1, 0.15) is 17.5 Å². The summed E-state index contributed by atoms with van der Waals surface area (Å²) in [6.45, 7) is 5.58. The number of hydrogen-bond acceptors (Lipinski definition) is 3. The maximum absolute atomic E-state index is 13.9. The molecule has 4 nitrogen and oxygen atoms in total. The second-order valence-electron chi connectivity index (χ2n) is 6.41. The fourth-order valence-electron chi connectivity index (χ4n) is 3.70. The molecule has 0 radical (unpaired) electrons. The molecular weight excluding hydrogens is 324 g/mol. The maximum Gasteiger partial charge on any atom is 0.224 e. The molecule has 1 aliphatic heterocycles. The first-order valence-electron chi connectivity index (χ1n) is 8.39. The number of fused-ring (bicyclic) bond motifs is 1. The third kappa shape index (κ3) is 3.21. The van der Waals surface area contributed by atoms with Gasteiger partial charge < -0.3 is 10.2 Å². The quantitative estimate of drug-likeness (QED) is 0.902. The second-order valence-corrected chi connectivity index (χ2v) is 6.41. The van der Waals surface area contributed by atoms with Gasteiger partial charge in [-0.1, -0.05) is 13.8 Å². The highest BCUT2D eigenvalue weighted by Crippen LogP contribution is 2.43. The number of amides is 1. The molecule has 0 aliphatic carbocycles. The lowest BCUT2D eigenvalue weighted by Gasteiger charge is -2.45. The maximum atomic E-state index is 13.9. The molecule has 0 fully saturated rings. The van der Waals surface area contributed by atoms with E-state index in [2.05, 4.69) is 10.3 Å². The van der Waals surface area contributed by atoms with Gasteiger partial charge in [-0.25, -0.2) is 13.8 Å². The van der Waals surface area contributed by atoms with Crippen molar-refractivity contribution in [3.05, 3.63) is 53.7 Å². The van der Waals surface area contributed by atoms with Gasteiger partial charge in [-0.15, -0.1) is 0 Å². The van der Waals surface area contributed by atoms with E-state index >= 15 is 0 Å². The van der Waals surface area contributed by atoms with E-state index in [1.807, 2.05) is 13.8 Å². The molecule has 0 spiro atoms. The molecule has 1 N–H and O–H groups in total. The zero-order chi connectivity index (χ0) is 18.1. The van der Waals surface area contributed by atoms with Gasteiger partial charge in [-0.2, -0.15) is 0 Å². The fourth-order valence-corrected chi connectivity index (χ4v) is 3.70. The second kappa shape index (κ2) is 6.78. The Balaban J connectivity index is 2.07. The van der Waals surface area contributed by atoms with Crippen molar-refractivity contribution >= 4 is 17.4 Å². The molecule has 3 atom stereocenters. The lowest BCUT2D eigenvalue weighted by Crippen LogP contribution is -2.49. The topological polar surface area (TPSA) is 45.2 Å². The number of benzene rings is 1. The average molecular weight is 345 g/mol. The van der Waals surface area contributed by atoms with Crippen molar-refractivity contribution in [2.24, 2.45) is 5.92 Å². The molecule has 1 amide bonds. The molecule has 1 unspecified atom stereocenters. The summed E-state index contributed by atoms with van der Waals surface area (Å²) in [4.78, 5) is 18.0. The third-order valence-corrected chi connectivity index (χ3v) is 4.84. The van der Waals surface area contributed by atoms with Gasteiger partial charge in [0.25, 0.3) is 0 Å². The summed E-state index contributed by atoms with van der Waals surface area (Å²) < 4.78 is 27.0. The van der Waals surface area contributed by atoms with Crippen molar-refractivity contribution in [2.75, 3.05) is 10.2 Å². The first-order valence-corrected chi connectivity index (χ1v) is 8.39. The van der Waals surface area contributed by atoms with E-state index in [-0.39, 0.29) is 29.7 Å². The smallest absolute Gasteiger partial charge is 0.224 e. The van der Waals surface area contributed by atoms with Gasteiger partial charge in [0.15, 0.2) is 0 Å². The van der Waals surface area contributed by atoms with E-state index in [4.69, 9.17) is 0 Å². The molecule has 1 aliphatic rings. The first kappa shape index (κ1) is 17.3. The average Bonchev–Trinajstić information content (AvgIpc) is 2.58. The lowest BCUT2D eigenvalue weighted by molar-refractivity contribution is -0.117. The van der Waals surface area contributed by atoms with Crippen LogP contribution in [0.25, 0.3) is 0 Å². The van der Waals surface area contributed by atoms with Crippen molar-refractivity contribution in [3.63, 3.8) is 0 Å². The molecule has 1 aromatic heterocycles. The molecule has 2 aromatic rings. The molecule has 1 aromatic carbocycles. The van der Waals surface area contributed by atoms with Gasteiger partial charge in [0, 0.05) is 30.1 Å². The van der Waals surface area contributed by atoms with Gasteiger partial charge >= 0.3 is 0 Å². The highest BCUT2D eigenvalue weighted by atomic mass is 19.1. The summed E-state index contributed by atoms with van der Waals surface area (Å²) in [6, 6.07) is 7.10. The van der Waals surface area contributed by atoms with Crippen LogP contribution in [0.1, 0.15) is 38.8 Å². The minimum Gasteiger partial charge on any atom is -0.363 e. The number of aromatic nitrogens is 1. The zero-order valence-electron chi connectivity index (χ0n) is 14.5. The first-order chi connectivity index (χ1) is 11.9. The van der Waals surface area contributed by atoms with Crippen molar-refractivity contribution < 1.29 is 13.6 Å². The Labute approximate surface area is 145 Å². The SMILES string of the molecule is CC[C@H]1[C@H](C)C(Nc2ccc(F)cn2)c2cc(F)ccc2N1C(C)=O. The minimum absolute atomic E-state index is 0.0200. The standard InChI is InChI=1S/C19H21F2N3O/c1-4-16-11(2)19(23-18-8-6-14(21)10-22-18)15-9-13(20)5-7-17(15)24(16)12(3)25/h5-11,16,19H,4H2,1-3H3,(H,22,23)/t11-,16-,19?/m0/s1. The molecule has 2 heterocycles. The van der Waals surface area contributed by atoms with Crippen LogP contribution >= 0.6 is 0 Å². The monoisotopic (exact) mass is 345 g/mol. The summed E-state index contributed by atoms with van der Waals surface area (Å²) in [5, 5.41) is 3.28. The number of carbonyl (C=O) groups is 1. The van der Waals surface area contributed by atoms with Crippen LogP contribution in [0.4, 0.5) is 20.3 Å². The Morgan fingerprint density at radius 2 is 1.96 bits per heavy atom. The number of rotatable bonds is 3. The normalized spacial score (nSPS) is 22.4. The van der Waals surface area contributed by atoms with E-state index in [0.717, 1.165) is 12.6 Å². The highest BCUT2D eigenvalue weighted by Gasteiger charge is 2.39. The fraction of sp³-hybridized carbons (Fsp3) is 0.368. The van der Waals surface area contributed by atoms with Gasteiger partial charge in [0.2, 0.25) is 5.91 Å². The van der Waals surface area contributed by atoms with Crippen LogP contribution in [0, 0.1) is 17.6 Å². The predicted molar refractivity (Wildman–Crippen MR) is 93.4 cm³/mol. The van der Waals surface area contributed by atoms with Crippen LogP contribution in [0.2, 0.25) is 0 Å². The Bertz CT molecular complexity index is 779. The number of pyridine rings is 1. The van der Waals surface area contributed by atoms with Crippen LogP contribution in [0.15, 0.2) is 36.5 Å². The Morgan fingerprint density at radius 1 is 1.24 bits per heavy atom. The van der Waals surface area contributed by atoms with Crippen LogP contribution < -0.4 is 10.2 Å².